The molecule has 0 N–H and O–H groups in total. The Hall–Kier alpha value is -3.07. The maximum atomic E-state index is 4.96. The summed E-state index contributed by atoms with van der Waals surface area (Å²) in [6.45, 7) is 8.55. The van der Waals surface area contributed by atoms with Crippen molar-refractivity contribution in [1.29, 1.82) is 0 Å². The van der Waals surface area contributed by atoms with E-state index in [0.717, 1.165) is 35.5 Å². The highest BCUT2D eigenvalue weighted by molar-refractivity contribution is 5.83. The normalized spacial score (nSPS) is 11.1. The lowest BCUT2D eigenvalue weighted by Crippen LogP contribution is -2.21. The largest absolute Gasteiger partial charge is 0.372 e. The van der Waals surface area contributed by atoms with Gasteiger partial charge < -0.3 is 4.90 Å². The topological polar surface area (TPSA) is 21.1 Å². The van der Waals surface area contributed by atoms with Crippen molar-refractivity contribution in [2.75, 3.05) is 18.0 Å². The van der Waals surface area contributed by atoms with E-state index in [1.54, 1.807) is 0 Å². The molecule has 0 aliphatic rings. The summed E-state index contributed by atoms with van der Waals surface area (Å²) in [5.74, 6) is 0.983. The summed E-state index contributed by atoms with van der Waals surface area (Å²) in [7, 11) is 0. The third-order valence-corrected chi connectivity index (χ3v) is 5.17. The monoisotopic (exact) mass is 355 g/mol. The van der Waals surface area contributed by atoms with Crippen LogP contribution in [0.5, 0.6) is 0 Å². The number of hydrogen-bond acceptors (Lipinski definition) is 2. The van der Waals surface area contributed by atoms with Crippen LogP contribution in [0.25, 0.3) is 28.1 Å². The summed E-state index contributed by atoms with van der Waals surface area (Å²) in [6, 6.07) is 25.6. The molecule has 3 aromatic carbocycles. The van der Waals surface area contributed by atoms with Gasteiger partial charge >= 0.3 is 0 Å². The lowest BCUT2D eigenvalue weighted by Gasteiger charge is -2.21. The molecule has 3 heteroatoms. The first kappa shape index (κ1) is 17.3. The fourth-order valence-corrected chi connectivity index (χ4v) is 3.69. The standard InChI is InChI=1S/C24H25N3/c1-4-26(5-2)20-16-14-19(15-17-20)24-25-21-11-7-9-13-23(21)27(24)22-12-8-6-10-18(22)3/h6-17H,4-5H2,1-3H3. The van der Waals surface area contributed by atoms with Crippen molar-refractivity contribution in [3.8, 4) is 17.1 Å². The Morgan fingerprint density at radius 2 is 1.48 bits per heavy atom. The van der Waals surface area contributed by atoms with Gasteiger partial charge in [-0.3, -0.25) is 4.57 Å². The van der Waals surface area contributed by atoms with Crippen molar-refractivity contribution < 1.29 is 0 Å². The van der Waals surface area contributed by atoms with Crippen LogP contribution >= 0.6 is 0 Å². The van der Waals surface area contributed by atoms with Crippen LogP contribution in [0.2, 0.25) is 0 Å². The molecule has 4 aromatic rings. The molecule has 0 unspecified atom stereocenters. The average Bonchev–Trinajstić information content (AvgIpc) is 3.09. The van der Waals surface area contributed by atoms with Gasteiger partial charge in [-0.2, -0.15) is 0 Å². The van der Waals surface area contributed by atoms with E-state index in [2.05, 4.69) is 97.0 Å². The van der Waals surface area contributed by atoms with E-state index in [1.807, 2.05) is 6.07 Å². The third-order valence-electron chi connectivity index (χ3n) is 5.17. The first-order valence-electron chi connectivity index (χ1n) is 9.61. The van der Waals surface area contributed by atoms with Gasteiger partial charge in [0.25, 0.3) is 0 Å². The van der Waals surface area contributed by atoms with Crippen molar-refractivity contribution in [1.82, 2.24) is 9.55 Å². The first-order chi connectivity index (χ1) is 13.2. The molecule has 0 fully saturated rings. The number of nitrogens with zero attached hydrogens (tertiary/aromatic N) is 3. The molecule has 0 saturated carbocycles. The van der Waals surface area contributed by atoms with Crippen LogP contribution in [0.15, 0.2) is 72.8 Å². The van der Waals surface area contributed by atoms with Crippen LogP contribution in [-0.2, 0) is 0 Å². The number of aryl methyl sites for hydroxylation is 1. The molecule has 0 radical (unpaired) electrons. The van der Waals surface area contributed by atoms with Crippen molar-refractivity contribution in [2.24, 2.45) is 0 Å². The van der Waals surface area contributed by atoms with Crippen LogP contribution in [0, 0.1) is 6.92 Å². The minimum atomic E-state index is 0.983. The number of anilines is 1. The number of rotatable bonds is 5. The molecule has 1 aromatic heterocycles. The molecule has 136 valence electrons. The Labute approximate surface area is 160 Å². The zero-order valence-corrected chi connectivity index (χ0v) is 16.2. The molecule has 3 nitrogen and oxygen atoms in total. The third kappa shape index (κ3) is 3.10. The molecule has 0 aliphatic carbocycles. The lowest BCUT2D eigenvalue weighted by molar-refractivity contribution is 0.866. The Morgan fingerprint density at radius 1 is 0.815 bits per heavy atom. The average molecular weight is 355 g/mol. The van der Waals surface area contributed by atoms with Crippen LogP contribution in [-0.4, -0.2) is 22.6 Å². The minimum Gasteiger partial charge on any atom is -0.372 e. The second kappa shape index (κ2) is 7.28. The van der Waals surface area contributed by atoms with Crippen molar-refractivity contribution in [3.63, 3.8) is 0 Å². The molecular formula is C24H25N3. The maximum absolute atomic E-state index is 4.96. The van der Waals surface area contributed by atoms with E-state index < -0.39 is 0 Å². The molecule has 0 spiro atoms. The zero-order chi connectivity index (χ0) is 18.8. The SMILES string of the molecule is CCN(CC)c1ccc(-c2nc3ccccc3n2-c2ccccc2C)cc1. The van der Waals surface area contributed by atoms with Crippen LogP contribution in [0.3, 0.4) is 0 Å². The van der Waals surface area contributed by atoms with Gasteiger partial charge in [-0.25, -0.2) is 4.98 Å². The number of aromatic nitrogens is 2. The fraction of sp³-hybridized carbons (Fsp3) is 0.208. The van der Waals surface area contributed by atoms with Gasteiger partial charge in [-0.15, -0.1) is 0 Å². The molecular weight excluding hydrogens is 330 g/mol. The van der Waals surface area contributed by atoms with E-state index in [4.69, 9.17) is 4.98 Å². The van der Waals surface area contributed by atoms with Gasteiger partial charge in [0.15, 0.2) is 0 Å². The predicted molar refractivity (Wildman–Crippen MR) is 115 cm³/mol. The maximum Gasteiger partial charge on any atom is 0.145 e. The number of imidazole rings is 1. The predicted octanol–water partition coefficient (Wildman–Crippen LogP) is 5.85. The van der Waals surface area contributed by atoms with Crippen molar-refractivity contribution >= 4 is 16.7 Å². The van der Waals surface area contributed by atoms with E-state index in [1.165, 1.54) is 16.9 Å². The molecule has 0 amide bonds. The van der Waals surface area contributed by atoms with Crippen molar-refractivity contribution in [2.45, 2.75) is 20.8 Å². The van der Waals surface area contributed by atoms with Gasteiger partial charge in [0.05, 0.1) is 16.7 Å². The quantitative estimate of drug-likeness (QED) is 0.448. The summed E-state index contributed by atoms with van der Waals surface area (Å²) in [4.78, 5) is 7.32. The molecule has 0 atom stereocenters. The fourth-order valence-electron chi connectivity index (χ4n) is 3.69. The highest BCUT2D eigenvalue weighted by Gasteiger charge is 2.15. The zero-order valence-electron chi connectivity index (χ0n) is 16.2. The molecule has 1 heterocycles. The van der Waals surface area contributed by atoms with Gasteiger partial charge in [-0.05, 0) is 68.8 Å². The highest BCUT2D eigenvalue weighted by atomic mass is 15.1. The first-order valence-corrected chi connectivity index (χ1v) is 9.61. The molecule has 27 heavy (non-hydrogen) atoms. The van der Waals surface area contributed by atoms with Gasteiger partial charge in [0, 0.05) is 24.3 Å². The summed E-state index contributed by atoms with van der Waals surface area (Å²) in [5.41, 5.74) is 6.95. The van der Waals surface area contributed by atoms with Crippen molar-refractivity contribution in [3.05, 3.63) is 78.4 Å². The molecule has 0 saturated heterocycles. The number of hydrogen-bond donors (Lipinski definition) is 0. The van der Waals surface area contributed by atoms with E-state index in [0.29, 0.717) is 0 Å². The van der Waals surface area contributed by atoms with Crippen LogP contribution in [0.4, 0.5) is 5.69 Å². The second-order valence-electron chi connectivity index (χ2n) is 6.77. The smallest absolute Gasteiger partial charge is 0.145 e. The molecule has 0 aliphatic heterocycles. The summed E-state index contributed by atoms with van der Waals surface area (Å²) < 4.78 is 2.27. The number of fused-ring (bicyclic) bond motifs is 1. The minimum absolute atomic E-state index is 0.983. The lowest BCUT2D eigenvalue weighted by atomic mass is 10.1. The molecule has 4 rings (SSSR count). The Balaban J connectivity index is 1.90. The van der Waals surface area contributed by atoms with Gasteiger partial charge in [0.1, 0.15) is 5.82 Å². The van der Waals surface area contributed by atoms with Crippen LogP contribution in [0.1, 0.15) is 19.4 Å². The Kier molecular flexibility index (Phi) is 4.68. The van der Waals surface area contributed by atoms with E-state index in [-0.39, 0.29) is 0 Å². The summed E-state index contributed by atoms with van der Waals surface area (Å²) in [5, 5.41) is 0. The summed E-state index contributed by atoms with van der Waals surface area (Å²) >= 11 is 0. The molecule has 0 bridgehead atoms. The Bertz CT molecular complexity index is 1060. The van der Waals surface area contributed by atoms with Crippen LogP contribution < -0.4 is 4.90 Å². The summed E-state index contributed by atoms with van der Waals surface area (Å²) in [6.07, 6.45) is 0. The number of benzene rings is 3. The number of para-hydroxylation sites is 3. The second-order valence-corrected chi connectivity index (χ2v) is 6.77. The van der Waals surface area contributed by atoms with Gasteiger partial charge in [0.2, 0.25) is 0 Å². The highest BCUT2D eigenvalue weighted by Crippen LogP contribution is 2.31. The van der Waals surface area contributed by atoms with E-state index in [9.17, 15) is 0 Å². The Morgan fingerprint density at radius 3 is 2.19 bits per heavy atom. The van der Waals surface area contributed by atoms with E-state index >= 15 is 0 Å². The van der Waals surface area contributed by atoms with Gasteiger partial charge in [-0.1, -0.05) is 30.3 Å².